The molecule has 0 bridgehead atoms. The lowest BCUT2D eigenvalue weighted by Gasteiger charge is -2.16. The topological polar surface area (TPSA) is 86.5 Å². The Bertz CT molecular complexity index is 646. The van der Waals surface area contributed by atoms with Crippen LogP contribution in [0.2, 0.25) is 5.02 Å². The molecule has 8 heteroatoms. The van der Waals surface area contributed by atoms with E-state index in [9.17, 15) is 17.6 Å². The van der Waals surface area contributed by atoms with Gasteiger partial charge in [0.1, 0.15) is 10.7 Å². The minimum absolute atomic E-state index is 0.294. The van der Waals surface area contributed by atoms with E-state index in [1.54, 1.807) is 6.92 Å². The van der Waals surface area contributed by atoms with Gasteiger partial charge in [-0.2, -0.15) is 0 Å². The number of carbonyl (C=O) groups excluding carboxylic acids is 1. The van der Waals surface area contributed by atoms with Gasteiger partial charge in [-0.3, -0.25) is 0 Å². The lowest BCUT2D eigenvalue weighted by atomic mass is 10.1. The molecule has 1 atom stereocenters. The van der Waals surface area contributed by atoms with Crippen molar-refractivity contribution in [1.29, 1.82) is 0 Å². The van der Waals surface area contributed by atoms with Gasteiger partial charge in [-0.1, -0.05) is 25.4 Å². The Balaban J connectivity index is 3.10. The molecule has 21 heavy (non-hydrogen) atoms. The van der Waals surface area contributed by atoms with Crippen LogP contribution < -0.4 is 5.14 Å². The average molecular weight is 338 g/mol. The first-order valence-corrected chi connectivity index (χ1v) is 8.17. The normalized spacial score (nSPS) is 13.3. The van der Waals surface area contributed by atoms with Crippen LogP contribution in [0.1, 0.15) is 37.6 Å². The molecule has 0 heterocycles. The average Bonchev–Trinajstić information content (AvgIpc) is 2.24. The van der Waals surface area contributed by atoms with E-state index in [0.717, 1.165) is 12.1 Å². The highest BCUT2D eigenvalue weighted by molar-refractivity contribution is 7.89. The van der Waals surface area contributed by atoms with E-state index in [1.165, 1.54) is 0 Å². The number of nitrogens with two attached hydrogens (primary N) is 1. The van der Waals surface area contributed by atoms with Crippen LogP contribution in [-0.4, -0.2) is 20.5 Å². The first-order valence-electron chi connectivity index (χ1n) is 6.25. The Morgan fingerprint density at radius 2 is 1.95 bits per heavy atom. The fourth-order valence-corrected chi connectivity index (χ4v) is 2.95. The van der Waals surface area contributed by atoms with Gasteiger partial charge in [-0.25, -0.2) is 22.7 Å². The van der Waals surface area contributed by atoms with Gasteiger partial charge in [0, 0.05) is 0 Å². The zero-order chi connectivity index (χ0) is 16.4. The summed E-state index contributed by atoms with van der Waals surface area (Å²) in [5, 5.41) is 4.57. The number of hydrogen-bond donors (Lipinski definition) is 1. The highest BCUT2D eigenvalue weighted by Crippen LogP contribution is 2.25. The summed E-state index contributed by atoms with van der Waals surface area (Å²) in [6, 6.07) is 1.52. The molecule has 0 amide bonds. The van der Waals surface area contributed by atoms with E-state index in [1.807, 2.05) is 13.8 Å². The molecule has 0 aromatic heterocycles. The minimum atomic E-state index is -4.16. The Morgan fingerprint density at radius 3 is 2.43 bits per heavy atom. The van der Waals surface area contributed by atoms with Gasteiger partial charge in [0.05, 0.1) is 16.7 Å². The van der Waals surface area contributed by atoms with E-state index in [-0.39, 0.29) is 5.02 Å². The second kappa shape index (κ2) is 6.72. The van der Waals surface area contributed by atoms with E-state index >= 15 is 0 Å². The highest BCUT2D eigenvalue weighted by Gasteiger charge is 2.23. The van der Waals surface area contributed by atoms with Crippen LogP contribution >= 0.6 is 11.6 Å². The fourth-order valence-electron chi connectivity index (χ4n) is 1.86. The summed E-state index contributed by atoms with van der Waals surface area (Å²) >= 11 is 5.61. The number of rotatable bonds is 5. The summed E-state index contributed by atoms with van der Waals surface area (Å²) in [5.74, 6) is -1.63. The van der Waals surface area contributed by atoms with E-state index in [0.29, 0.717) is 12.3 Å². The molecule has 118 valence electrons. The number of halogens is 2. The van der Waals surface area contributed by atoms with Crippen molar-refractivity contribution in [3.63, 3.8) is 0 Å². The summed E-state index contributed by atoms with van der Waals surface area (Å²) in [7, 11) is -4.16. The van der Waals surface area contributed by atoms with Crippen LogP contribution in [0.4, 0.5) is 4.39 Å². The molecule has 0 aliphatic carbocycles. The summed E-state index contributed by atoms with van der Waals surface area (Å²) in [6.07, 6.45) is 0.175. The van der Waals surface area contributed by atoms with Crippen molar-refractivity contribution in [3.8, 4) is 0 Å². The summed E-state index contributed by atoms with van der Waals surface area (Å²) in [6.45, 7) is 5.57. The standard InChI is InChI=1S/C13H17ClFNO4S/c1-7(2)4-8(3)20-13(17)9-5-12(21(16,18)19)10(14)6-11(9)15/h5-8H,4H2,1-3H3,(H2,16,18,19). The number of benzene rings is 1. The van der Waals surface area contributed by atoms with Crippen LogP contribution in [0.15, 0.2) is 17.0 Å². The van der Waals surface area contributed by atoms with Gasteiger partial charge in [0.25, 0.3) is 0 Å². The van der Waals surface area contributed by atoms with Crippen molar-refractivity contribution >= 4 is 27.6 Å². The summed E-state index contributed by atoms with van der Waals surface area (Å²) in [5.41, 5.74) is -0.515. The van der Waals surface area contributed by atoms with Crippen molar-refractivity contribution in [2.75, 3.05) is 0 Å². The van der Waals surface area contributed by atoms with Crippen LogP contribution in [0.3, 0.4) is 0 Å². The monoisotopic (exact) mass is 337 g/mol. The second-order valence-corrected chi connectivity index (χ2v) is 7.09. The van der Waals surface area contributed by atoms with Crippen molar-refractivity contribution in [1.82, 2.24) is 0 Å². The third-order valence-electron chi connectivity index (χ3n) is 2.66. The van der Waals surface area contributed by atoms with Crippen LogP contribution in [0.25, 0.3) is 0 Å². The maximum Gasteiger partial charge on any atom is 0.341 e. The SMILES string of the molecule is CC(C)CC(C)OC(=O)c1cc(S(N)(=O)=O)c(Cl)cc1F. The molecule has 0 aliphatic heterocycles. The van der Waals surface area contributed by atoms with Crippen molar-refractivity contribution in [3.05, 3.63) is 28.5 Å². The number of esters is 1. The molecule has 0 saturated carbocycles. The molecule has 1 unspecified atom stereocenters. The zero-order valence-corrected chi connectivity index (χ0v) is 13.5. The Hall–Kier alpha value is -1.18. The predicted molar refractivity (Wildman–Crippen MR) is 77.1 cm³/mol. The van der Waals surface area contributed by atoms with Gasteiger partial charge in [-0.15, -0.1) is 0 Å². The van der Waals surface area contributed by atoms with Gasteiger partial charge in [0.2, 0.25) is 10.0 Å². The predicted octanol–water partition coefficient (Wildman–Crippen LogP) is 2.72. The molecular weight excluding hydrogens is 321 g/mol. The number of carbonyl (C=O) groups is 1. The Morgan fingerprint density at radius 1 is 1.38 bits per heavy atom. The minimum Gasteiger partial charge on any atom is -0.459 e. The first-order chi connectivity index (χ1) is 9.52. The third-order valence-corrected chi connectivity index (χ3v) is 4.04. The molecular formula is C13H17ClFNO4S. The van der Waals surface area contributed by atoms with Gasteiger partial charge >= 0.3 is 5.97 Å². The van der Waals surface area contributed by atoms with E-state index < -0.39 is 38.4 Å². The lowest BCUT2D eigenvalue weighted by molar-refractivity contribution is 0.0294. The largest absolute Gasteiger partial charge is 0.459 e. The van der Waals surface area contributed by atoms with Crippen LogP contribution in [-0.2, 0) is 14.8 Å². The van der Waals surface area contributed by atoms with Gasteiger partial charge < -0.3 is 4.74 Å². The summed E-state index contributed by atoms with van der Waals surface area (Å²) in [4.78, 5) is 11.4. The first kappa shape index (κ1) is 17.9. The smallest absolute Gasteiger partial charge is 0.341 e. The van der Waals surface area contributed by atoms with Crippen molar-refractivity contribution < 1.29 is 22.3 Å². The van der Waals surface area contributed by atoms with E-state index in [2.05, 4.69) is 0 Å². The quantitative estimate of drug-likeness (QED) is 0.837. The third kappa shape index (κ3) is 4.94. The molecule has 0 saturated heterocycles. The van der Waals surface area contributed by atoms with E-state index in [4.69, 9.17) is 21.5 Å². The van der Waals surface area contributed by atoms with Crippen LogP contribution in [0, 0.1) is 11.7 Å². The Labute approximate surface area is 128 Å². The number of sulfonamides is 1. The molecule has 5 nitrogen and oxygen atoms in total. The number of ether oxygens (including phenoxy) is 1. The molecule has 1 rings (SSSR count). The van der Waals surface area contributed by atoms with Gasteiger partial charge in [-0.05, 0) is 31.4 Å². The lowest BCUT2D eigenvalue weighted by Crippen LogP contribution is -2.19. The summed E-state index contributed by atoms with van der Waals surface area (Å²) < 4.78 is 41.5. The second-order valence-electron chi connectivity index (χ2n) is 5.15. The molecule has 0 radical (unpaired) electrons. The molecule has 0 spiro atoms. The fraction of sp³-hybridized carbons (Fsp3) is 0.462. The maximum atomic E-state index is 13.8. The molecule has 2 N–H and O–H groups in total. The molecule has 0 fully saturated rings. The number of hydrogen-bond acceptors (Lipinski definition) is 4. The maximum absolute atomic E-state index is 13.8. The zero-order valence-electron chi connectivity index (χ0n) is 11.9. The molecule has 1 aromatic rings. The Kier molecular flexibility index (Phi) is 5.72. The van der Waals surface area contributed by atoms with Crippen molar-refractivity contribution in [2.45, 2.75) is 38.2 Å². The molecule has 0 aliphatic rings. The number of primary sulfonamides is 1. The van der Waals surface area contributed by atoms with Crippen LogP contribution in [0.5, 0.6) is 0 Å². The van der Waals surface area contributed by atoms with Crippen molar-refractivity contribution in [2.24, 2.45) is 11.1 Å². The van der Waals surface area contributed by atoms with Gasteiger partial charge in [0.15, 0.2) is 0 Å². The molecule has 1 aromatic carbocycles. The highest BCUT2D eigenvalue weighted by atomic mass is 35.5.